The Hall–Kier alpha value is -3.32. The van der Waals surface area contributed by atoms with E-state index in [4.69, 9.17) is 9.47 Å². The maximum absolute atomic E-state index is 11.8. The van der Waals surface area contributed by atoms with Crippen molar-refractivity contribution in [3.63, 3.8) is 0 Å². The average molecular weight is 467 g/mol. The van der Waals surface area contributed by atoms with Crippen molar-refractivity contribution in [3.8, 4) is 11.5 Å². The lowest BCUT2D eigenvalue weighted by molar-refractivity contribution is -0.115. The summed E-state index contributed by atoms with van der Waals surface area (Å²) in [6.45, 7) is 2.73. The Balaban J connectivity index is 1.63. The summed E-state index contributed by atoms with van der Waals surface area (Å²) in [5.74, 6) is 0.664. The molecule has 3 amide bonds. The molecule has 0 unspecified atom stereocenters. The minimum Gasteiger partial charge on any atom is -0.490 e. The number of hydrogen-bond donors (Lipinski definition) is 2. The summed E-state index contributed by atoms with van der Waals surface area (Å²) < 4.78 is 12.6. The molecule has 1 fully saturated rings. The number of amides is 3. The average Bonchev–Trinajstić information content (AvgIpc) is 3.06. The van der Waals surface area contributed by atoms with Gasteiger partial charge in [0, 0.05) is 4.47 Å². The molecule has 2 N–H and O–H groups in total. The van der Waals surface area contributed by atoms with Crippen molar-refractivity contribution in [2.45, 2.75) is 13.5 Å². The van der Waals surface area contributed by atoms with Gasteiger partial charge in [-0.3, -0.25) is 10.1 Å². The number of rotatable bonds is 6. The van der Waals surface area contributed by atoms with Crippen LogP contribution >= 0.6 is 15.9 Å². The predicted octanol–water partition coefficient (Wildman–Crippen LogP) is 4.76. The molecule has 152 valence electrons. The molecule has 1 saturated heterocycles. The molecule has 3 aromatic carbocycles. The van der Waals surface area contributed by atoms with Crippen LogP contribution in [0.25, 0.3) is 16.8 Å². The maximum Gasteiger partial charge on any atom is 0.326 e. The summed E-state index contributed by atoms with van der Waals surface area (Å²) in [7, 11) is 0. The van der Waals surface area contributed by atoms with E-state index < -0.39 is 11.9 Å². The van der Waals surface area contributed by atoms with Gasteiger partial charge in [0.15, 0.2) is 11.5 Å². The van der Waals surface area contributed by atoms with Gasteiger partial charge < -0.3 is 14.8 Å². The Labute approximate surface area is 182 Å². The second kappa shape index (κ2) is 8.59. The van der Waals surface area contributed by atoms with Crippen LogP contribution in [-0.2, 0) is 11.4 Å². The van der Waals surface area contributed by atoms with Crippen LogP contribution in [0, 0.1) is 0 Å². The normalized spacial score (nSPS) is 14.7. The summed E-state index contributed by atoms with van der Waals surface area (Å²) in [6.07, 6.45) is 1.58. The second-order valence-corrected chi connectivity index (χ2v) is 7.50. The number of halogens is 1. The van der Waals surface area contributed by atoms with Gasteiger partial charge in [-0.25, -0.2) is 4.79 Å². The maximum atomic E-state index is 11.8. The zero-order valence-corrected chi connectivity index (χ0v) is 17.8. The third kappa shape index (κ3) is 4.16. The summed E-state index contributed by atoms with van der Waals surface area (Å²) in [5, 5.41) is 6.96. The van der Waals surface area contributed by atoms with Crippen molar-refractivity contribution in [2.24, 2.45) is 0 Å². The second-order valence-electron chi connectivity index (χ2n) is 6.65. The number of hydrogen-bond acceptors (Lipinski definition) is 4. The highest BCUT2D eigenvalue weighted by Gasteiger charge is 2.23. The number of carbonyl (C=O) groups excluding carboxylic acids is 2. The van der Waals surface area contributed by atoms with Crippen molar-refractivity contribution in [3.05, 3.63) is 75.9 Å². The molecule has 0 atom stereocenters. The van der Waals surface area contributed by atoms with Gasteiger partial charge >= 0.3 is 6.03 Å². The number of fused-ring (bicyclic) bond motifs is 1. The van der Waals surface area contributed by atoms with E-state index in [2.05, 4.69) is 44.8 Å². The minimum absolute atomic E-state index is 0.174. The molecule has 0 aromatic heterocycles. The molecule has 1 heterocycles. The zero-order chi connectivity index (χ0) is 21.1. The molecule has 6 nitrogen and oxygen atoms in total. The Morgan fingerprint density at radius 3 is 2.50 bits per heavy atom. The Morgan fingerprint density at radius 2 is 1.73 bits per heavy atom. The lowest BCUT2D eigenvalue weighted by Gasteiger charge is -2.15. The number of carbonyl (C=O) groups is 2. The van der Waals surface area contributed by atoms with Gasteiger partial charge in [0.1, 0.15) is 12.3 Å². The molecule has 3 aromatic rings. The van der Waals surface area contributed by atoms with Crippen molar-refractivity contribution in [1.82, 2.24) is 10.6 Å². The lowest BCUT2D eigenvalue weighted by Crippen LogP contribution is -2.22. The van der Waals surface area contributed by atoms with Crippen LogP contribution < -0.4 is 20.1 Å². The molecule has 0 aliphatic carbocycles. The quantitative estimate of drug-likeness (QED) is 0.405. The van der Waals surface area contributed by atoms with E-state index in [1.165, 1.54) is 0 Å². The van der Waals surface area contributed by atoms with Gasteiger partial charge in [-0.1, -0.05) is 58.4 Å². The molecule has 0 bridgehead atoms. The largest absolute Gasteiger partial charge is 0.490 e. The van der Waals surface area contributed by atoms with Gasteiger partial charge in [-0.05, 0) is 47.0 Å². The molecule has 4 rings (SSSR count). The topological polar surface area (TPSA) is 76.7 Å². The van der Waals surface area contributed by atoms with Gasteiger partial charge in [-0.2, -0.15) is 0 Å². The van der Waals surface area contributed by atoms with Crippen LogP contribution in [0.5, 0.6) is 11.5 Å². The highest BCUT2D eigenvalue weighted by Crippen LogP contribution is 2.36. The van der Waals surface area contributed by atoms with Crippen LogP contribution in [-0.4, -0.2) is 18.5 Å². The van der Waals surface area contributed by atoms with Crippen molar-refractivity contribution < 1.29 is 19.1 Å². The third-order valence-electron chi connectivity index (χ3n) is 4.65. The van der Waals surface area contributed by atoms with Gasteiger partial charge in [0.25, 0.3) is 5.91 Å². The van der Waals surface area contributed by atoms with Crippen LogP contribution in [0.3, 0.4) is 0 Å². The fourth-order valence-electron chi connectivity index (χ4n) is 3.25. The smallest absolute Gasteiger partial charge is 0.326 e. The van der Waals surface area contributed by atoms with E-state index in [1.807, 2.05) is 31.2 Å². The number of imide groups is 1. The van der Waals surface area contributed by atoms with Crippen molar-refractivity contribution in [2.75, 3.05) is 6.61 Å². The van der Waals surface area contributed by atoms with Crippen LogP contribution in [0.4, 0.5) is 4.79 Å². The highest BCUT2D eigenvalue weighted by atomic mass is 79.9. The summed E-state index contributed by atoms with van der Waals surface area (Å²) in [6, 6.07) is 17.3. The van der Waals surface area contributed by atoms with Gasteiger partial charge in [0.2, 0.25) is 0 Å². The summed E-state index contributed by atoms with van der Waals surface area (Å²) >= 11 is 3.52. The van der Waals surface area contributed by atoms with E-state index in [0.29, 0.717) is 34.7 Å². The molecule has 7 heteroatoms. The first-order chi connectivity index (χ1) is 14.5. The molecule has 0 radical (unpaired) electrons. The standard InChI is InChI=1S/C23H19BrN2O4/c1-2-29-20-11-16(10-19-22(27)26-23(28)25-19)18(24)12-21(20)30-13-15-8-5-7-14-6-3-4-9-17(14)15/h3-12H,2,13H2,1H3,(H2,25,26,27,28)/b19-10+. The molecule has 30 heavy (non-hydrogen) atoms. The number of benzene rings is 3. The van der Waals surface area contributed by atoms with E-state index >= 15 is 0 Å². The van der Waals surface area contributed by atoms with Gasteiger partial charge in [-0.15, -0.1) is 0 Å². The molecular weight excluding hydrogens is 448 g/mol. The molecular formula is C23H19BrN2O4. The van der Waals surface area contributed by atoms with Crippen LogP contribution in [0.1, 0.15) is 18.1 Å². The monoisotopic (exact) mass is 466 g/mol. The Bertz CT molecular complexity index is 1170. The van der Waals surface area contributed by atoms with Gasteiger partial charge in [0.05, 0.1) is 6.61 Å². The Kier molecular flexibility index (Phi) is 5.72. The van der Waals surface area contributed by atoms with E-state index in [0.717, 1.165) is 16.3 Å². The molecule has 0 spiro atoms. The van der Waals surface area contributed by atoms with E-state index in [9.17, 15) is 9.59 Å². The first-order valence-corrected chi connectivity index (χ1v) is 10.2. The molecule has 1 aliphatic heterocycles. The summed E-state index contributed by atoms with van der Waals surface area (Å²) in [4.78, 5) is 23.1. The summed E-state index contributed by atoms with van der Waals surface area (Å²) in [5.41, 5.74) is 1.93. The van der Waals surface area contributed by atoms with E-state index in [-0.39, 0.29) is 5.70 Å². The highest BCUT2D eigenvalue weighted by molar-refractivity contribution is 9.10. The lowest BCUT2D eigenvalue weighted by atomic mass is 10.1. The van der Waals surface area contributed by atoms with Crippen LogP contribution in [0.15, 0.2) is 64.8 Å². The van der Waals surface area contributed by atoms with Crippen molar-refractivity contribution in [1.29, 1.82) is 0 Å². The first kappa shape index (κ1) is 20.0. The fraction of sp³-hybridized carbons (Fsp3) is 0.130. The fourth-order valence-corrected chi connectivity index (χ4v) is 3.69. The van der Waals surface area contributed by atoms with E-state index in [1.54, 1.807) is 18.2 Å². The minimum atomic E-state index is -0.539. The van der Waals surface area contributed by atoms with Crippen LogP contribution in [0.2, 0.25) is 0 Å². The number of urea groups is 1. The number of nitrogens with one attached hydrogen (secondary N) is 2. The zero-order valence-electron chi connectivity index (χ0n) is 16.2. The number of ether oxygens (including phenoxy) is 2. The first-order valence-electron chi connectivity index (χ1n) is 9.45. The van der Waals surface area contributed by atoms with Crippen molar-refractivity contribution >= 4 is 44.7 Å². The predicted molar refractivity (Wildman–Crippen MR) is 118 cm³/mol. The Morgan fingerprint density at radius 1 is 0.967 bits per heavy atom. The molecule has 0 saturated carbocycles. The third-order valence-corrected chi connectivity index (χ3v) is 5.33. The SMILES string of the molecule is CCOc1cc(/C=C2/NC(=O)NC2=O)c(Br)cc1OCc1cccc2ccccc12. The molecule has 1 aliphatic rings.